The number of benzene rings is 2. The standard InChI is InChI=1S/C15H14FNO3/c1-2-19-15(18)10-3-8-14(13(17)9-10)20-12-6-4-11(16)5-7-12/h3-9H,2,17H2,1H3. The molecule has 0 aliphatic carbocycles. The zero-order chi connectivity index (χ0) is 14.5. The van der Waals surface area contributed by atoms with Gasteiger partial charge in [-0.2, -0.15) is 0 Å². The van der Waals surface area contributed by atoms with E-state index in [0.717, 1.165) is 0 Å². The van der Waals surface area contributed by atoms with E-state index in [9.17, 15) is 9.18 Å². The van der Waals surface area contributed by atoms with Crippen molar-refractivity contribution in [2.45, 2.75) is 6.92 Å². The lowest BCUT2D eigenvalue weighted by Gasteiger charge is -2.09. The molecule has 0 atom stereocenters. The normalized spacial score (nSPS) is 10.1. The molecule has 20 heavy (non-hydrogen) atoms. The summed E-state index contributed by atoms with van der Waals surface area (Å²) < 4.78 is 23.2. The third kappa shape index (κ3) is 3.26. The number of hydrogen-bond donors (Lipinski definition) is 1. The molecule has 2 aromatic carbocycles. The van der Waals surface area contributed by atoms with Gasteiger partial charge in [0.2, 0.25) is 0 Å². The van der Waals surface area contributed by atoms with Crippen LogP contribution in [0.3, 0.4) is 0 Å². The summed E-state index contributed by atoms with van der Waals surface area (Å²) >= 11 is 0. The fourth-order valence-electron chi connectivity index (χ4n) is 1.61. The summed E-state index contributed by atoms with van der Waals surface area (Å²) in [5.41, 5.74) is 6.49. The highest BCUT2D eigenvalue weighted by molar-refractivity contribution is 5.91. The average molecular weight is 275 g/mol. The van der Waals surface area contributed by atoms with E-state index in [4.69, 9.17) is 15.2 Å². The highest BCUT2D eigenvalue weighted by Crippen LogP contribution is 2.28. The van der Waals surface area contributed by atoms with E-state index in [1.807, 2.05) is 0 Å². The monoisotopic (exact) mass is 275 g/mol. The molecule has 2 rings (SSSR count). The minimum atomic E-state index is -0.437. The Labute approximate surface area is 115 Å². The molecule has 0 aromatic heterocycles. The molecule has 0 aliphatic rings. The molecule has 0 heterocycles. The molecular weight excluding hydrogens is 261 g/mol. The van der Waals surface area contributed by atoms with Crippen molar-refractivity contribution >= 4 is 11.7 Å². The van der Waals surface area contributed by atoms with Crippen LogP contribution in [0.15, 0.2) is 42.5 Å². The van der Waals surface area contributed by atoms with Crippen LogP contribution < -0.4 is 10.5 Å². The van der Waals surface area contributed by atoms with Crippen LogP contribution in [0.2, 0.25) is 0 Å². The number of nitrogens with two attached hydrogens (primary N) is 1. The number of halogens is 1. The quantitative estimate of drug-likeness (QED) is 0.686. The minimum absolute atomic E-state index is 0.298. The summed E-state index contributed by atoms with van der Waals surface area (Å²) in [7, 11) is 0. The smallest absolute Gasteiger partial charge is 0.338 e. The summed E-state index contributed by atoms with van der Waals surface area (Å²) in [5, 5.41) is 0. The number of anilines is 1. The van der Waals surface area contributed by atoms with Crippen molar-refractivity contribution in [1.29, 1.82) is 0 Å². The average Bonchev–Trinajstić information content (AvgIpc) is 2.43. The Morgan fingerprint density at radius 2 is 1.90 bits per heavy atom. The van der Waals surface area contributed by atoms with Crippen molar-refractivity contribution in [3.05, 3.63) is 53.8 Å². The van der Waals surface area contributed by atoms with Crippen LogP contribution in [0.4, 0.5) is 10.1 Å². The molecule has 0 saturated carbocycles. The SMILES string of the molecule is CCOC(=O)c1ccc(Oc2ccc(F)cc2)c(N)c1. The van der Waals surface area contributed by atoms with Crippen LogP contribution in [-0.4, -0.2) is 12.6 Å². The van der Waals surface area contributed by atoms with Crippen LogP contribution in [0, 0.1) is 5.82 Å². The van der Waals surface area contributed by atoms with Gasteiger partial charge in [-0.1, -0.05) is 0 Å². The van der Waals surface area contributed by atoms with Crippen LogP contribution in [0.25, 0.3) is 0 Å². The lowest BCUT2D eigenvalue weighted by atomic mass is 10.2. The van der Waals surface area contributed by atoms with Gasteiger partial charge in [0.1, 0.15) is 17.3 Å². The Kier molecular flexibility index (Phi) is 4.20. The van der Waals surface area contributed by atoms with Crippen LogP contribution in [0.5, 0.6) is 11.5 Å². The predicted molar refractivity (Wildman–Crippen MR) is 73.3 cm³/mol. The van der Waals surface area contributed by atoms with E-state index in [1.165, 1.54) is 30.3 Å². The summed E-state index contributed by atoms with van der Waals surface area (Å²) in [4.78, 5) is 11.5. The van der Waals surface area contributed by atoms with Crippen molar-refractivity contribution in [1.82, 2.24) is 0 Å². The van der Waals surface area contributed by atoms with Crippen molar-refractivity contribution in [2.75, 3.05) is 12.3 Å². The number of rotatable bonds is 4. The third-order valence-corrected chi connectivity index (χ3v) is 2.56. The maximum absolute atomic E-state index is 12.8. The predicted octanol–water partition coefficient (Wildman–Crippen LogP) is 3.38. The van der Waals surface area contributed by atoms with Gasteiger partial charge < -0.3 is 15.2 Å². The molecular formula is C15H14FNO3. The van der Waals surface area contributed by atoms with Gasteiger partial charge in [-0.3, -0.25) is 0 Å². The first-order valence-corrected chi connectivity index (χ1v) is 6.10. The first-order chi connectivity index (χ1) is 9.60. The molecule has 0 amide bonds. The fraction of sp³-hybridized carbons (Fsp3) is 0.133. The van der Waals surface area contributed by atoms with Gasteiger partial charge in [-0.05, 0) is 49.4 Å². The molecule has 0 spiro atoms. The summed E-state index contributed by atoms with van der Waals surface area (Å²) in [6.45, 7) is 2.03. The highest BCUT2D eigenvalue weighted by atomic mass is 19.1. The number of esters is 1. The maximum Gasteiger partial charge on any atom is 0.338 e. The summed E-state index contributed by atoms with van der Waals surface area (Å²) in [5.74, 6) is 0.0714. The zero-order valence-electron chi connectivity index (χ0n) is 10.9. The van der Waals surface area contributed by atoms with Gasteiger partial charge in [0.05, 0.1) is 17.9 Å². The lowest BCUT2D eigenvalue weighted by Crippen LogP contribution is -2.05. The van der Waals surface area contributed by atoms with Crippen LogP contribution in [0.1, 0.15) is 17.3 Å². The van der Waals surface area contributed by atoms with E-state index in [0.29, 0.717) is 29.4 Å². The number of nitrogen functional groups attached to an aromatic ring is 1. The Balaban J connectivity index is 2.17. The largest absolute Gasteiger partial charge is 0.462 e. The van der Waals surface area contributed by atoms with E-state index in [1.54, 1.807) is 19.1 Å². The lowest BCUT2D eigenvalue weighted by molar-refractivity contribution is 0.0526. The highest BCUT2D eigenvalue weighted by Gasteiger charge is 2.10. The van der Waals surface area contributed by atoms with E-state index < -0.39 is 5.97 Å². The fourth-order valence-corrected chi connectivity index (χ4v) is 1.61. The molecule has 2 N–H and O–H groups in total. The molecule has 0 bridgehead atoms. The molecule has 0 radical (unpaired) electrons. The molecule has 0 saturated heterocycles. The van der Waals surface area contributed by atoms with E-state index in [-0.39, 0.29) is 5.82 Å². The topological polar surface area (TPSA) is 61.5 Å². The maximum atomic E-state index is 12.8. The minimum Gasteiger partial charge on any atom is -0.462 e. The summed E-state index contributed by atoms with van der Waals surface area (Å²) in [6.07, 6.45) is 0. The molecule has 5 heteroatoms. The Morgan fingerprint density at radius 1 is 1.20 bits per heavy atom. The van der Waals surface area contributed by atoms with Gasteiger partial charge in [-0.25, -0.2) is 9.18 Å². The Hall–Kier alpha value is -2.56. The first kappa shape index (κ1) is 13.9. The number of carbonyl (C=O) groups is 1. The van der Waals surface area contributed by atoms with Gasteiger partial charge in [-0.15, -0.1) is 0 Å². The zero-order valence-corrected chi connectivity index (χ0v) is 10.9. The summed E-state index contributed by atoms with van der Waals surface area (Å²) in [6, 6.07) is 10.2. The van der Waals surface area contributed by atoms with Crippen LogP contribution >= 0.6 is 0 Å². The van der Waals surface area contributed by atoms with E-state index >= 15 is 0 Å². The third-order valence-electron chi connectivity index (χ3n) is 2.56. The number of ether oxygens (including phenoxy) is 2. The number of carbonyl (C=O) groups excluding carboxylic acids is 1. The van der Waals surface area contributed by atoms with Gasteiger partial charge in [0.25, 0.3) is 0 Å². The first-order valence-electron chi connectivity index (χ1n) is 6.10. The van der Waals surface area contributed by atoms with Gasteiger partial charge in [0, 0.05) is 0 Å². The molecule has 0 unspecified atom stereocenters. The second kappa shape index (κ2) is 6.06. The van der Waals surface area contributed by atoms with Crippen molar-refractivity contribution in [2.24, 2.45) is 0 Å². The van der Waals surface area contributed by atoms with Gasteiger partial charge >= 0.3 is 5.97 Å². The van der Waals surface area contributed by atoms with Crippen molar-refractivity contribution in [3.8, 4) is 11.5 Å². The Bertz CT molecular complexity index is 611. The van der Waals surface area contributed by atoms with Crippen molar-refractivity contribution < 1.29 is 18.7 Å². The molecule has 4 nitrogen and oxygen atoms in total. The molecule has 104 valence electrons. The molecule has 0 aliphatic heterocycles. The number of hydrogen-bond acceptors (Lipinski definition) is 4. The van der Waals surface area contributed by atoms with Crippen LogP contribution in [-0.2, 0) is 4.74 Å². The second-order valence-electron chi connectivity index (χ2n) is 4.03. The molecule has 0 fully saturated rings. The van der Waals surface area contributed by atoms with E-state index in [2.05, 4.69) is 0 Å². The molecule has 2 aromatic rings. The second-order valence-corrected chi connectivity index (χ2v) is 4.03. The van der Waals surface area contributed by atoms with Crippen molar-refractivity contribution in [3.63, 3.8) is 0 Å². The van der Waals surface area contributed by atoms with Gasteiger partial charge in [0.15, 0.2) is 0 Å². The Morgan fingerprint density at radius 3 is 2.50 bits per heavy atom.